The number of nitrogens with one attached hydrogen (secondary N) is 1. The minimum absolute atomic E-state index is 0.100. The molecule has 0 aliphatic heterocycles. The summed E-state index contributed by atoms with van der Waals surface area (Å²) in [5, 5.41) is 5.00. The van der Waals surface area contributed by atoms with Crippen LogP contribution in [0.4, 0.5) is 0 Å². The number of amides is 1. The maximum Gasteiger partial charge on any atom is 0.262 e. The van der Waals surface area contributed by atoms with Crippen LogP contribution in [-0.4, -0.2) is 41.0 Å². The Kier molecular flexibility index (Phi) is 8.37. The van der Waals surface area contributed by atoms with E-state index in [1.165, 1.54) is 11.8 Å². The molecule has 2 aromatic carbocycles. The van der Waals surface area contributed by atoms with Crippen molar-refractivity contribution in [1.82, 2.24) is 14.9 Å². The summed E-state index contributed by atoms with van der Waals surface area (Å²) < 4.78 is 6.64. The molecule has 31 heavy (non-hydrogen) atoms. The minimum atomic E-state index is -0.149. The van der Waals surface area contributed by atoms with Crippen molar-refractivity contribution in [2.45, 2.75) is 31.1 Å². The van der Waals surface area contributed by atoms with Gasteiger partial charge in [0.15, 0.2) is 5.16 Å². The van der Waals surface area contributed by atoms with Crippen LogP contribution in [0.15, 0.2) is 52.4 Å². The Hall–Kier alpha value is -2.06. The number of fused-ring (bicyclic) bond motifs is 1. The van der Waals surface area contributed by atoms with Gasteiger partial charge >= 0.3 is 0 Å². The SMILES string of the molecule is COCC(C)NC(=O)CSc1nc2ccccc2c(=O)n1CCc1ccc(Cl)cc1Cl. The van der Waals surface area contributed by atoms with Gasteiger partial charge in [-0.15, -0.1) is 0 Å². The zero-order chi connectivity index (χ0) is 22.4. The number of carbonyl (C=O) groups is 1. The molecule has 0 aliphatic rings. The Morgan fingerprint density at radius 2 is 2.03 bits per heavy atom. The molecule has 3 aromatic rings. The van der Waals surface area contributed by atoms with Crippen LogP contribution in [0.2, 0.25) is 10.0 Å². The number of nitrogens with zero attached hydrogens (tertiary/aromatic N) is 2. The predicted octanol–water partition coefficient (Wildman–Crippen LogP) is 4.19. The van der Waals surface area contributed by atoms with Gasteiger partial charge in [-0.25, -0.2) is 4.98 Å². The molecule has 0 spiro atoms. The number of aryl methyl sites for hydroxylation is 1. The first-order chi connectivity index (χ1) is 14.9. The van der Waals surface area contributed by atoms with Crippen LogP contribution in [0.1, 0.15) is 12.5 Å². The molecule has 3 rings (SSSR count). The normalized spacial score (nSPS) is 12.1. The summed E-state index contributed by atoms with van der Waals surface area (Å²) in [7, 11) is 1.59. The third kappa shape index (κ3) is 6.23. The summed E-state index contributed by atoms with van der Waals surface area (Å²) in [6, 6.07) is 12.4. The number of para-hydroxylation sites is 1. The van der Waals surface area contributed by atoms with E-state index in [1.807, 2.05) is 25.1 Å². The van der Waals surface area contributed by atoms with E-state index >= 15 is 0 Å². The zero-order valence-corrected chi connectivity index (χ0v) is 19.6. The second-order valence-electron chi connectivity index (χ2n) is 7.07. The van der Waals surface area contributed by atoms with Gasteiger partial charge < -0.3 is 10.1 Å². The van der Waals surface area contributed by atoms with E-state index in [-0.39, 0.29) is 23.3 Å². The van der Waals surface area contributed by atoms with Crippen LogP contribution in [0.5, 0.6) is 0 Å². The number of halogens is 2. The molecule has 0 aliphatic carbocycles. The van der Waals surface area contributed by atoms with Crippen molar-refractivity contribution in [2.75, 3.05) is 19.5 Å². The van der Waals surface area contributed by atoms with E-state index in [0.717, 1.165) is 5.56 Å². The molecule has 0 saturated carbocycles. The fourth-order valence-electron chi connectivity index (χ4n) is 3.15. The fourth-order valence-corrected chi connectivity index (χ4v) is 4.49. The van der Waals surface area contributed by atoms with E-state index in [2.05, 4.69) is 10.3 Å². The van der Waals surface area contributed by atoms with Gasteiger partial charge in [-0.3, -0.25) is 14.2 Å². The van der Waals surface area contributed by atoms with Gasteiger partial charge in [-0.2, -0.15) is 0 Å². The molecule has 0 fully saturated rings. The summed E-state index contributed by atoms with van der Waals surface area (Å²) >= 11 is 13.5. The van der Waals surface area contributed by atoms with E-state index < -0.39 is 0 Å². The molecule has 1 N–H and O–H groups in total. The van der Waals surface area contributed by atoms with Crippen molar-refractivity contribution < 1.29 is 9.53 Å². The van der Waals surface area contributed by atoms with Gasteiger partial charge in [0.2, 0.25) is 5.91 Å². The summed E-state index contributed by atoms with van der Waals surface area (Å²) in [6.45, 7) is 2.67. The Labute approximate surface area is 194 Å². The first kappa shape index (κ1) is 23.6. The van der Waals surface area contributed by atoms with E-state index in [9.17, 15) is 9.59 Å². The smallest absolute Gasteiger partial charge is 0.262 e. The van der Waals surface area contributed by atoms with Crippen molar-refractivity contribution in [3.8, 4) is 0 Å². The molecule has 1 aromatic heterocycles. The van der Waals surface area contributed by atoms with Crippen molar-refractivity contribution >= 4 is 51.8 Å². The lowest BCUT2D eigenvalue weighted by molar-refractivity contribution is -0.119. The Balaban J connectivity index is 1.85. The average Bonchev–Trinajstić information content (AvgIpc) is 2.73. The lowest BCUT2D eigenvalue weighted by Crippen LogP contribution is -2.36. The summed E-state index contributed by atoms with van der Waals surface area (Å²) in [6.07, 6.45) is 0.528. The maximum absolute atomic E-state index is 13.2. The number of rotatable bonds is 9. The Morgan fingerprint density at radius 3 is 2.77 bits per heavy atom. The van der Waals surface area contributed by atoms with Crippen LogP contribution in [-0.2, 0) is 22.5 Å². The molecule has 0 bridgehead atoms. The average molecular weight is 480 g/mol. The summed E-state index contributed by atoms with van der Waals surface area (Å²) in [4.78, 5) is 30.1. The Morgan fingerprint density at radius 1 is 1.26 bits per heavy atom. The highest BCUT2D eigenvalue weighted by molar-refractivity contribution is 7.99. The molecule has 164 valence electrons. The number of ether oxygens (including phenoxy) is 1. The van der Waals surface area contributed by atoms with Crippen LogP contribution < -0.4 is 10.9 Å². The standard InChI is InChI=1S/C22H23Cl2N3O3S/c1-14(12-30-2)25-20(28)13-31-22-26-19-6-4-3-5-17(19)21(29)27(22)10-9-15-7-8-16(23)11-18(15)24/h3-8,11,14H,9-10,12-13H2,1-2H3,(H,25,28). The molecule has 6 nitrogen and oxygen atoms in total. The molecule has 0 saturated heterocycles. The third-order valence-corrected chi connectivity index (χ3v) is 6.17. The molecule has 1 unspecified atom stereocenters. The van der Waals surface area contributed by atoms with Gasteiger partial charge in [0.05, 0.1) is 23.3 Å². The summed E-state index contributed by atoms with van der Waals surface area (Å²) in [5.41, 5.74) is 1.34. The van der Waals surface area contributed by atoms with E-state index in [4.69, 9.17) is 27.9 Å². The number of aromatic nitrogens is 2. The number of hydrogen-bond donors (Lipinski definition) is 1. The molecule has 1 heterocycles. The quantitative estimate of drug-likeness (QED) is 0.367. The fraction of sp³-hybridized carbons (Fsp3) is 0.318. The minimum Gasteiger partial charge on any atom is -0.383 e. The highest BCUT2D eigenvalue weighted by Gasteiger charge is 2.15. The molecular formula is C22H23Cl2N3O3S. The molecule has 1 amide bonds. The van der Waals surface area contributed by atoms with Gasteiger partial charge in [0.1, 0.15) is 0 Å². The van der Waals surface area contributed by atoms with E-state index in [1.54, 1.807) is 35.9 Å². The van der Waals surface area contributed by atoms with Gasteiger partial charge in [-0.1, -0.05) is 53.2 Å². The number of hydrogen-bond acceptors (Lipinski definition) is 5. The lowest BCUT2D eigenvalue weighted by atomic mass is 10.1. The Bertz CT molecular complexity index is 1140. The zero-order valence-electron chi connectivity index (χ0n) is 17.2. The number of methoxy groups -OCH3 is 1. The van der Waals surface area contributed by atoms with E-state index in [0.29, 0.717) is 45.7 Å². The van der Waals surface area contributed by atoms with Gasteiger partial charge in [-0.05, 0) is 43.2 Å². The monoisotopic (exact) mass is 479 g/mol. The first-order valence-corrected chi connectivity index (χ1v) is 11.5. The molecule has 9 heteroatoms. The largest absolute Gasteiger partial charge is 0.383 e. The van der Waals surface area contributed by atoms with Crippen LogP contribution in [0.25, 0.3) is 10.9 Å². The lowest BCUT2D eigenvalue weighted by Gasteiger charge is -2.15. The topological polar surface area (TPSA) is 73.2 Å². The van der Waals surface area contributed by atoms with Crippen LogP contribution in [0.3, 0.4) is 0 Å². The molecule has 0 radical (unpaired) electrons. The van der Waals surface area contributed by atoms with Crippen LogP contribution >= 0.6 is 35.0 Å². The van der Waals surface area contributed by atoms with Crippen molar-refractivity contribution in [2.24, 2.45) is 0 Å². The van der Waals surface area contributed by atoms with Gasteiger partial charge in [0, 0.05) is 29.7 Å². The third-order valence-electron chi connectivity index (χ3n) is 4.60. The van der Waals surface area contributed by atoms with Crippen molar-refractivity contribution in [3.63, 3.8) is 0 Å². The second-order valence-corrected chi connectivity index (χ2v) is 8.85. The van der Waals surface area contributed by atoms with Gasteiger partial charge in [0.25, 0.3) is 5.56 Å². The van der Waals surface area contributed by atoms with Crippen molar-refractivity contribution in [3.05, 3.63) is 68.4 Å². The molecule has 1 atom stereocenters. The second kappa shape index (κ2) is 11.0. The highest BCUT2D eigenvalue weighted by Crippen LogP contribution is 2.23. The molecular weight excluding hydrogens is 457 g/mol. The number of thioether (sulfide) groups is 1. The number of benzene rings is 2. The van der Waals surface area contributed by atoms with Crippen molar-refractivity contribution in [1.29, 1.82) is 0 Å². The maximum atomic E-state index is 13.2. The van der Waals surface area contributed by atoms with Crippen LogP contribution in [0, 0.1) is 0 Å². The first-order valence-electron chi connectivity index (χ1n) is 9.73. The highest BCUT2D eigenvalue weighted by atomic mass is 35.5. The predicted molar refractivity (Wildman–Crippen MR) is 126 cm³/mol. The number of carbonyl (C=O) groups excluding carboxylic acids is 1. The summed E-state index contributed by atoms with van der Waals surface area (Å²) in [5.74, 6) is -0.00942.